The first-order valence-corrected chi connectivity index (χ1v) is 19.3. The molecule has 0 aromatic carbocycles. The van der Waals surface area contributed by atoms with Crippen LogP contribution in [-0.4, -0.2) is 84.8 Å². The summed E-state index contributed by atoms with van der Waals surface area (Å²) in [5.74, 6) is -2.18. The summed E-state index contributed by atoms with van der Waals surface area (Å²) in [5.41, 5.74) is 0.0708. The molecule has 52 heavy (non-hydrogen) atoms. The Labute approximate surface area is 318 Å². The molecule has 5 unspecified atom stereocenters. The van der Waals surface area contributed by atoms with Crippen molar-refractivity contribution in [3.8, 4) is 0 Å². The summed E-state index contributed by atoms with van der Waals surface area (Å²) in [7, 11) is 0. The average molecular weight is 743 g/mol. The van der Waals surface area contributed by atoms with Crippen molar-refractivity contribution in [3.05, 3.63) is 47.9 Å². The van der Waals surface area contributed by atoms with Gasteiger partial charge in [0.05, 0.1) is 6.04 Å². The monoisotopic (exact) mass is 742 g/mol. The molecular weight excluding hydrogens is 677 g/mol. The first kappa shape index (κ1) is 44.8. The van der Waals surface area contributed by atoms with Crippen LogP contribution >= 0.6 is 12.6 Å². The van der Waals surface area contributed by atoms with Gasteiger partial charge in [-0.2, -0.15) is 0 Å². The first-order chi connectivity index (χ1) is 24.4. The van der Waals surface area contributed by atoms with Crippen LogP contribution in [0.4, 0.5) is 4.79 Å². The SMILES string of the molecule is C=CCNC(=O)C(=O)C(CC1CCC1)NC(=O)C1C(CC)CCN1C(=O)C(NC(=O)NC(CNC/C(C/C=C\C)=C(\S)C=C)C(C)(C)C)C(C)(C)C. The van der Waals surface area contributed by atoms with Gasteiger partial charge in [-0.3, -0.25) is 19.2 Å². The highest BCUT2D eigenvalue weighted by molar-refractivity contribution is 7.84. The van der Waals surface area contributed by atoms with Crippen LogP contribution in [0.2, 0.25) is 0 Å². The number of hydrogen-bond donors (Lipinski definition) is 6. The van der Waals surface area contributed by atoms with Gasteiger partial charge in [0.15, 0.2) is 0 Å². The van der Waals surface area contributed by atoms with Crippen LogP contribution in [0.3, 0.4) is 0 Å². The summed E-state index contributed by atoms with van der Waals surface area (Å²) in [6.45, 7) is 24.6. The summed E-state index contributed by atoms with van der Waals surface area (Å²) in [6, 6.07) is -3.55. The maximum Gasteiger partial charge on any atom is 0.315 e. The lowest BCUT2D eigenvalue weighted by molar-refractivity contribution is -0.144. The number of amides is 5. The van der Waals surface area contributed by atoms with Crippen LogP contribution in [0, 0.1) is 22.7 Å². The molecule has 2 rings (SSSR count). The fourth-order valence-electron chi connectivity index (χ4n) is 6.61. The zero-order valence-electron chi connectivity index (χ0n) is 32.9. The molecule has 0 radical (unpaired) electrons. The van der Waals surface area contributed by atoms with Crippen molar-refractivity contribution in [1.82, 2.24) is 31.5 Å². The topological polar surface area (TPSA) is 149 Å². The Bertz CT molecular complexity index is 1340. The van der Waals surface area contributed by atoms with E-state index < -0.39 is 47.2 Å². The van der Waals surface area contributed by atoms with Gasteiger partial charge < -0.3 is 31.5 Å². The molecule has 0 aromatic heterocycles. The number of nitrogens with zero attached hydrogens (tertiary/aromatic N) is 1. The van der Waals surface area contributed by atoms with Gasteiger partial charge in [-0.1, -0.05) is 105 Å². The van der Waals surface area contributed by atoms with E-state index >= 15 is 0 Å². The molecule has 5 N–H and O–H groups in total. The minimum absolute atomic E-state index is 0.140. The number of allylic oxidation sites excluding steroid dienone is 3. The normalized spacial score (nSPS) is 20.2. The Morgan fingerprint density at radius 3 is 2.15 bits per heavy atom. The fourth-order valence-corrected chi connectivity index (χ4v) is 6.78. The highest BCUT2D eigenvalue weighted by atomic mass is 32.1. The van der Waals surface area contributed by atoms with Crippen LogP contribution in [0.15, 0.2) is 47.9 Å². The molecule has 1 aliphatic heterocycles. The Balaban J connectivity index is 2.26. The average Bonchev–Trinajstić information content (AvgIpc) is 3.50. The predicted octanol–water partition coefficient (Wildman–Crippen LogP) is 5.21. The van der Waals surface area contributed by atoms with E-state index in [1.807, 2.05) is 61.5 Å². The maximum atomic E-state index is 14.4. The van der Waals surface area contributed by atoms with Gasteiger partial charge in [-0.15, -0.1) is 19.2 Å². The number of nitrogens with one attached hydrogen (secondary N) is 5. The molecule has 1 saturated heterocycles. The van der Waals surface area contributed by atoms with Gasteiger partial charge in [0.1, 0.15) is 12.1 Å². The minimum Gasteiger partial charge on any atom is -0.346 e. The molecule has 1 saturated carbocycles. The molecule has 2 aliphatic rings. The van der Waals surface area contributed by atoms with Gasteiger partial charge in [-0.25, -0.2) is 4.79 Å². The summed E-state index contributed by atoms with van der Waals surface area (Å²) in [5, 5.41) is 14.9. The third kappa shape index (κ3) is 13.2. The standard InChI is InChI=1S/C40H66N6O5S/c1-11-15-19-28(30(52)14-4)24-41-25-31(39(5,6)7)44-38(51)45-34(40(8,9)10)37(50)46-22-20-27(13-3)32(46)35(48)43-29(23-26-17-16-18-26)33(47)36(49)42-21-12-2/h11-12,14-15,26-27,29,31-32,34,41,52H,2,4,13,16-25H2,1,3,5-10H3,(H,42,49)(H,43,48)(H2,44,45,51)/b15-11-,30-28-. The smallest absolute Gasteiger partial charge is 0.315 e. The number of likely N-dealkylation sites (tertiary alicyclic amines) is 1. The first-order valence-electron chi connectivity index (χ1n) is 18.8. The second kappa shape index (κ2) is 20.8. The summed E-state index contributed by atoms with van der Waals surface area (Å²) < 4.78 is 0. The quantitative estimate of drug-likeness (QED) is 0.0464. The zero-order chi connectivity index (χ0) is 39.2. The van der Waals surface area contributed by atoms with Crippen LogP contribution in [0.5, 0.6) is 0 Å². The highest BCUT2D eigenvalue weighted by Crippen LogP contribution is 2.33. The van der Waals surface area contributed by atoms with Crippen molar-refractivity contribution in [2.24, 2.45) is 22.7 Å². The number of rotatable bonds is 19. The Kier molecular flexibility index (Phi) is 17.9. The van der Waals surface area contributed by atoms with Crippen molar-refractivity contribution in [2.75, 3.05) is 26.2 Å². The number of Topliss-reactive ketones (excluding diaryl/α,β-unsaturated/α-hetero) is 1. The van der Waals surface area contributed by atoms with Crippen LogP contribution in [0.1, 0.15) is 100 Å². The van der Waals surface area contributed by atoms with E-state index in [1.165, 1.54) is 6.08 Å². The molecule has 292 valence electrons. The molecular formula is C40H66N6O5S. The largest absolute Gasteiger partial charge is 0.346 e. The molecule has 5 atom stereocenters. The molecule has 0 bridgehead atoms. The second-order valence-corrected chi connectivity index (χ2v) is 16.8. The second-order valence-electron chi connectivity index (χ2n) is 16.3. The molecule has 0 aromatic rings. The van der Waals surface area contributed by atoms with E-state index in [0.717, 1.165) is 36.2 Å². The molecule has 0 spiro atoms. The van der Waals surface area contributed by atoms with Crippen molar-refractivity contribution in [1.29, 1.82) is 0 Å². The predicted molar refractivity (Wildman–Crippen MR) is 213 cm³/mol. The number of thiol groups is 1. The molecule has 5 amide bonds. The molecule has 1 heterocycles. The summed E-state index contributed by atoms with van der Waals surface area (Å²) >= 11 is 4.56. The van der Waals surface area contributed by atoms with Crippen molar-refractivity contribution in [2.45, 2.75) is 125 Å². The molecule has 11 nitrogen and oxygen atoms in total. The minimum atomic E-state index is -0.992. The summed E-state index contributed by atoms with van der Waals surface area (Å²) in [4.78, 5) is 70.4. The fraction of sp³-hybridized carbons (Fsp3) is 0.675. The molecule has 1 aliphatic carbocycles. The van der Waals surface area contributed by atoms with Gasteiger partial charge in [0.2, 0.25) is 17.6 Å². The van der Waals surface area contributed by atoms with E-state index in [-0.39, 0.29) is 35.7 Å². The van der Waals surface area contributed by atoms with E-state index in [9.17, 15) is 24.0 Å². The lowest BCUT2D eigenvalue weighted by Gasteiger charge is -2.38. The van der Waals surface area contributed by atoms with Crippen molar-refractivity contribution in [3.63, 3.8) is 0 Å². The van der Waals surface area contributed by atoms with E-state index in [4.69, 9.17) is 0 Å². The molecule has 2 fully saturated rings. The van der Waals surface area contributed by atoms with Crippen LogP contribution in [-0.2, 0) is 19.2 Å². The van der Waals surface area contributed by atoms with Crippen molar-refractivity contribution >= 4 is 42.2 Å². The van der Waals surface area contributed by atoms with E-state index in [0.29, 0.717) is 38.9 Å². The van der Waals surface area contributed by atoms with E-state index in [2.05, 4.69) is 58.4 Å². The third-order valence-electron chi connectivity index (χ3n) is 10.2. The molecule has 12 heteroatoms. The van der Waals surface area contributed by atoms with Crippen LogP contribution < -0.4 is 26.6 Å². The zero-order valence-corrected chi connectivity index (χ0v) is 33.8. The summed E-state index contributed by atoms with van der Waals surface area (Å²) in [6.07, 6.45) is 12.5. The van der Waals surface area contributed by atoms with Crippen LogP contribution in [0.25, 0.3) is 0 Å². The Morgan fingerprint density at radius 1 is 0.962 bits per heavy atom. The number of urea groups is 1. The number of carbonyl (C=O) groups is 5. The highest BCUT2D eigenvalue weighted by Gasteiger charge is 2.47. The van der Waals surface area contributed by atoms with Gasteiger partial charge in [0, 0.05) is 37.1 Å². The maximum absolute atomic E-state index is 14.4. The van der Waals surface area contributed by atoms with E-state index in [1.54, 1.807) is 11.0 Å². The lowest BCUT2D eigenvalue weighted by atomic mass is 9.80. The lowest BCUT2D eigenvalue weighted by Crippen LogP contribution is -2.62. The van der Waals surface area contributed by atoms with Gasteiger partial charge in [0.25, 0.3) is 5.91 Å². The van der Waals surface area contributed by atoms with Gasteiger partial charge in [-0.05, 0) is 54.4 Å². The number of hydrogen-bond acceptors (Lipinski definition) is 7. The Morgan fingerprint density at radius 2 is 1.63 bits per heavy atom. The van der Waals surface area contributed by atoms with Crippen molar-refractivity contribution < 1.29 is 24.0 Å². The number of ketones is 1. The number of carbonyl (C=O) groups excluding carboxylic acids is 5. The van der Waals surface area contributed by atoms with Gasteiger partial charge >= 0.3 is 6.03 Å². The Hall–Kier alpha value is -3.38. The third-order valence-corrected chi connectivity index (χ3v) is 10.7.